The van der Waals surface area contributed by atoms with Gasteiger partial charge in [0.2, 0.25) is 0 Å². The predicted molar refractivity (Wildman–Crippen MR) is 70.1 cm³/mol. The molecule has 1 aromatic carbocycles. The number of benzene rings is 1. The van der Waals surface area contributed by atoms with Crippen LogP contribution in [0, 0.1) is 5.92 Å². The first kappa shape index (κ1) is 10.8. The van der Waals surface area contributed by atoms with Crippen LogP contribution >= 0.6 is 0 Å². The lowest BCUT2D eigenvalue weighted by molar-refractivity contribution is 0.0906. The molecule has 90 valence electrons. The molecule has 4 rings (SSSR count). The maximum Gasteiger partial charge on any atom is 0.125 e. The molecule has 3 heterocycles. The first-order valence-corrected chi connectivity index (χ1v) is 6.44. The summed E-state index contributed by atoms with van der Waals surface area (Å²) in [7, 11) is 0. The van der Waals surface area contributed by atoms with Crippen molar-refractivity contribution in [2.45, 2.75) is 18.9 Å². The molecule has 3 nitrogen and oxygen atoms in total. The zero-order valence-corrected chi connectivity index (χ0v) is 10.0. The number of amidine groups is 1. The van der Waals surface area contributed by atoms with Crippen LogP contribution in [0.25, 0.3) is 0 Å². The van der Waals surface area contributed by atoms with Crippen LogP contribution in [0.2, 0.25) is 0 Å². The Balaban J connectivity index is 1.77. The summed E-state index contributed by atoms with van der Waals surface area (Å²) in [5.41, 5.74) is 7.13. The van der Waals surface area contributed by atoms with Crippen LogP contribution in [0.1, 0.15) is 18.4 Å². The molecule has 3 saturated heterocycles. The van der Waals surface area contributed by atoms with Gasteiger partial charge in [0.05, 0.1) is 6.04 Å². The zero-order chi connectivity index (χ0) is 11.7. The molecule has 1 unspecified atom stereocenters. The second-order valence-electron chi connectivity index (χ2n) is 5.09. The van der Waals surface area contributed by atoms with Crippen molar-refractivity contribution in [3.8, 4) is 0 Å². The molecule has 0 amide bonds. The van der Waals surface area contributed by atoms with E-state index in [4.69, 9.17) is 10.7 Å². The molecule has 0 aliphatic carbocycles. The van der Waals surface area contributed by atoms with Crippen molar-refractivity contribution in [1.29, 1.82) is 0 Å². The molecule has 17 heavy (non-hydrogen) atoms. The minimum absolute atomic E-state index is 0.415. The second kappa shape index (κ2) is 4.49. The third kappa shape index (κ3) is 2.20. The Hall–Kier alpha value is -1.35. The summed E-state index contributed by atoms with van der Waals surface area (Å²) in [6.45, 7) is 3.60. The third-order valence-corrected chi connectivity index (χ3v) is 4.00. The number of piperidine rings is 3. The van der Waals surface area contributed by atoms with E-state index in [2.05, 4.69) is 4.90 Å². The van der Waals surface area contributed by atoms with Crippen LogP contribution in [0.4, 0.5) is 0 Å². The van der Waals surface area contributed by atoms with Gasteiger partial charge in [0.15, 0.2) is 0 Å². The highest BCUT2D eigenvalue weighted by Crippen LogP contribution is 2.29. The summed E-state index contributed by atoms with van der Waals surface area (Å²) < 4.78 is 0. The predicted octanol–water partition coefficient (Wildman–Crippen LogP) is 1.49. The first-order valence-electron chi connectivity index (χ1n) is 6.44. The highest BCUT2D eigenvalue weighted by Gasteiger charge is 2.33. The zero-order valence-electron chi connectivity index (χ0n) is 10.0. The van der Waals surface area contributed by atoms with Crippen LogP contribution in [-0.2, 0) is 0 Å². The molecule has 0 spiro atoms. The SMILES string of the molecule is NC(=NC1CN2CCC1CC2)c1ccccc1. The average Bonchev–Trinajstić information content (AvgIpc) is 2.41. The van der Waals surface area contributed by atoms with Crippen molar-refractivity contribution in [2.24, 2.45) is 16.6 Å². The van der Waals surface area contributed by atoms with Gasteiger partial charge in [-0.25, -0.2) is 0 Å². The molecule has 1 aromatic rings. The molecule has 0 aromatic heterocycles. The van der Waals surface area contributed by atoms with E-state index in [9.17, 15) is 0 Å². The molecule has 3 fully saturated rings. The van der Waals surface area contributed by atoms with Crippen molar-refractivity contribution >= 4 is 5.84 Å². The average molecular weight is 229 g/mol. The molecule has 3 heteroatoms. The van der Waals surface area contributed by atoms with Gasteiger partial charge in [0.25, 0.3) is 0 Å². The van der Waals surface area contributed by atoms with E-state index in [1.54, 1.807) is 0 Å². The van der Waals surface area contributed by atoms with Crippen molar-refractivity contribution in [3.63, 3.8) is 0 Å². The normalized spacial score (nSPS) is 32.7. The summed E-state index contributed by atoms with van der Waals surface area (Å²) >= 11 is 0. The number of nitrogens with two attached hydrogens (primary N) is 1. The lowest BCUT2D eigenvalue weighted by Gasteiger charge is -2.43. The number of hydrogen-bond acceptors (Lipinski definition) is 2. The number of rotatable bonds is 2. The molecule has 0 saturated carbocycles. The smallest absolute Gasteiger partial charge is 0.125 e. The Morgan fingerprint density at radius 3 is 2.47 bits per heavy atom. The lowest BCUT2D eigenvalue weighted by Crippen LogP contribution is -2.50. The van der Waals surface area contributed by atoms with E-state index in [1.807, 2.05) is 30.3 Å². The van der Waals surface area contributed by atoms with E-state index >= 15 is 0 Å². The van der Waals surface area contributed by atoms with Gasteiger partial charge in [-0.1, -0.05) is 30.3 Å². The molecule has 1 atom stereocenters. The van der Waals surface area contributed by atoms with E-state index in [0.29, 0.717) is 11.9 Å². The molecule has 2 N–H and O–H groups in total. The summed E-state index contributed by atoms with van der Waals surface area (Å²) in [5.74, 6) is 1.45. The van der Waals surface area contributed by atoms with Crippen molar-refractivity contribution < 1.29 is 0 Å². The molecule has 3 aliphatic heterocycles. The monoisotopic (exact) mass is 229 g/mol. The topological polar surface area (TPSA) is 41.6 Å². The summed E-state index contributed by atoms with van der Waals surface area (Å²) in [5, 5.41) is 0. The van der Waals surface area contributed by atoms with Crippen LogP contribution in [0.5, 0.6) is 0 Å². The number of fused-ring (bicyclic) bond motifs is 3. The molecule has 0 radical (unpaired) electrons. The Morgan fingerprint density at radius 1 is 1.18 bits per heavy atom. The lowest BCUT2D eigenvalue weighted by atomic mass is 9.84. The maximum atomic E-state index is 6.09. The first-order chi connectivity index (χ1) is 8.33. The molecule has 2 bridgehead atoms. The van der Waals surface area contributed by atoms with Gasteiger partial charge >= 0.3 is 0 Å². The number of nitrogens with zero attached hydrogens (tertiary/aromatic N) is 2. The maximum absolute atomic E-state index is 6.09. The van der Waals surface area contributed by atoms with Crippen LogP contribution in [-0.4, -0.2) is 36.4 Å². The van der Waals surface area contributed by atoms with Gasteiger partial charge in [0, 0.05) is 12.1 Å². The van der Waals surface area contributed by atoms with E-state index in [1.165, 1.54) is 25.9 Å². The van der Waals surface area contributed by atoms with E-state index in [0.717, 1.165) is 18.0 Å². The van der Waals surface area contributed by atoms with Gasteiger partial charge < -0.3 is 10.6 Å². The second-order valence-corrected chi connectivity index (χ2v) is 5.09. The Bertz CT molecular complexity index is 405. The standard InChI is InChI=1S/C14H19N3/c15-14(12-4-2-1-3-5-12)16-13-10-17-8-6-11(13)7-9-17/h1-5,11,13H,6-10H2,(H2,15,16). The van der Waals surface area contributed by atoms with Crippen LogP contribution in [0.15, 0.2) is 35.3 Å². The number of hydrogen-bond donors (Lipinski definition) is 1. The fourth-order valence-electron chi connectivity index (χ4n) is 2.94. The molecular weight excluding hydrogens is 210 g/mol. The largest absolute Gasteiger partial charge is 0.383 e. The van der Waals surface area contributed by atoms with Crippen molar-refractivity contribution in [3.05, 3.63) is 35.9 Å². The minimum atomic E-state index is 0.415. The fourth-order valence-corrected chi connectivity index (χ4v) is 2.94. The quantitative estimate of drug-likeness (QED) is 0.616. The summed E-state index contributed by atoms with van der Waals surface area (Å²) in [6.07, 6.45) is 2.58. The highest BCUT2D eigenvalue weighted by molar-refractivity contribution is 5.97. The van der Waals surface area contributed by atoms with E-state index in [-0.39, 0.29) is 0 Å². The van der Waals surface area contributed by atoms with Gasteiger partial charge in [-0.15, -0.1) is 0 Å². The Kier molecular flexibility index (Phi) is 2.85. The van der Waals surface area contributed by atoms with Crippen LogP contribution in [0.3, 0.4) is 0 Å². The van der Waals surface area contributed by atoms with Crippen LogP contribution < -0.4 is 5.73 Å². The highest BCUT2D eigenvalue weighted by atomic mass is 15.2. The van der Waals surface area contributed by atoms with Crippen molar-refractivity contribution in [1.82, 2.24) is 4.90 Å². The Labute approximate surface area is 102 Å². The molecular formula is C14H19N3. The molecule has 3 aliphatic rings. The van der Waals surface area contributed by atoms with Crippen molar-refractivity contribution in [2.75, 3.05) is 19.6 Å². The summed E-state index contributed by atoms with van der Waals surface area (Å²) in [4.78, 5) is 7.25. The van der Waals surface area contributed by atoms with Gasteiger partial charge in [0.1, 0.15) is 5.84 Å². The number of aliphatic imine (C=N–C) groups is 1. The van der Waals surface area contributed by atoms with Gasteiger partial charge in [-0.05, 0) is 31.8 Å². The van der Waals surface area contributed by atoms with Gasteiger partial charge in [-0.3, -0.25) is 4.99 Å². The van der Waals surface area contributed by atoms with Gasteiger partial charge in [-0.2, -0.15) is 0 Å². The Morgan fingerprint density at radius 2 is 1.88 bits per heavy atom. The van der Waals surface area contributed by atoms with E-state index < -0.39 is 0 Å². The third-order valence-electron chi connectivity index (χ3n) is 4.00. The minimum Gasteiger partial charge on any atom is -0.383 e. The fraction of sp³-hybridized carbons (Fsp3) is 0.500. The summed E-state index contributed by atoms with van der Waals surface area (Å²) in [6, 6.07) is 10.5.